The van der Waals surface area contributed by atoms with Crippen molar-refractivity contribution in [2.24, 2.45) is 5.73 Å². The monoisotopic (exact) mass is 272 g/mol. The molecule has 0 fully saturated rings. The molecule has 2 aromatic rings. The minimum Gasteiger partial charge on any atom is -0.355 e. The fraction of sp³-hybridized carbons (Fsp3) is 0.294. The Balaban J connectivity index is 2.39. The standard InChI is InChI=1S/C17H21FN2/c1-3-13-6-4-5-12(2)17(13)20-16-8-7-15(18)11-14(16)9-10-19/h4-8,11,20H,3,9-10,19H2,1-2H3. The van der Waals surface area contributed by atoms with Crippen molar-refractivity contribution in [3.05, 3.63) is 58.9 Å². The Morgan fingerprint density at radius 1 is 1.15 bits per heavy atom. The summed E-state index contributed by atoms with van der Waals surface area (Å²) >= 11 is 0. The van der Waals surface area contributed by atoms with Gasteiger partial charge in [-0.05, 0) is 61.2 Å². The van der Waals surface area contributed by atoms with Crippen LogP contribution in [0.5, 0.6) is 0 Å². The first kappa shape index (κ1) is 14.5. The molecule has 0 aliphatic rings. The Morgan fingerprint density at radius 2 is 1.95 bits per heavy atom. The van der Waals surface area contributed by atoms with E-state index in [4.69, 9.17) is 5.73 Å². The largest absolute Gasteiger partial charge is 0.355 e. The number of hydrogen-bond donors (Lipinski definition) is 2. The van der Waals surface area contributed by atoms with Crippen LogP contribution in [-0.4, -0.2) is 6.54 Å². The van der Waals surface area contributed by atoms with Gasteiger partial charge in [-0.15, -0.1) is 0 Å². The molecule has 0 unspecified atom stereocenters. The first-order valence-electron chi connectivity index (χ1n) is 6.99. The van der Waals surface area contributed by atoms with Crippen LogP contribution in [0.15, 0.2) is 36.4 Å². The summed E-state index contributed by atoms with van der Waals surface area (Å²) < 4.78 is 13.4. The number of nitrogens with two attached hydrogens (primary N) is 1. The number of benzene rings is 2. The third-order valence-corrected chi connectivity index (χ3v) is 3.48. The van der Waals surface area contributed by atoms with Crippen molar-refractivity contribution in [2.75, 3.05) is 11.9 Å². The highest BCUT2D eigenvalue weighted by atomic mass is 19.1. The molecule has 0 bridgehead atoms. The second kappa shape index (κ2) is 6.53. The molecule has 0 aliphatic heterocycles. The maximum Gasteiger partial charge on any atom is 0.123 e. The van der Waals surface area contributed by atoms with E-state index in [9.17, 15) is 4.39 Å². The van der Waals surface area contributed by atoms with Crippen LogP contribution in [-0.2, 0) is 12.8 Å². The van der Waals surface area contributed by atoms with Crippen molar-refractivity contribution in [1.82, 2.24) is 0 Å². The van der Waals surface area contributed by atoms with Gasteiger partial charge in [0.25, 0.3) is 0 Å². The third kappa shape index (κ3) is 3.17. The molecular weight excluding hydrogens is 251 g/mol. The lowest BCUT2D eigenvalue weighted by molar-refractivity contribution is 0.625. The molecular formula is C17H21FN2. The van der Waals surface area contributed by atoms with E-state index in [0.717, 1.165) is 23.4 Å². The number of para-hydroxylation sites is 1. The molecule has 0 heterocycles. The van der Waals surface area contributed by atoms with Gasteiger partial charge in [-0.25, -0.2) is 4.39 Å². The molecule has 0 amide bonds. The first-order chi connectivity index (χ1) is 9.65. The lowest BCUT2D eigenvalue weighted by Crippen LogP contribution is -2.07. The van der Waals surface area contributed by atoms with Gasteiger partial charge in [-0.1, -0.05) is 25.1 Å². The van der Waals surface area contributed by atoms with E-state index < -0.39 is 0 Å². The van der Waals surface area contributed by atoms with E-state index in [1.165, 1.54) is 17.2 Å². The van der Waals surface area contributed by atoms with E-state index in [0.29, 0.717) is 13.0 Å². The van der Waals surface area contributed by atoms with Crippen LogP contribution in [0, 0.1) is 12.7 Å². The molecule has 2 nitrogen and oxygen atoms in total. The zero-order valence-corrected chi connectivity index (χ0v) is 12.0. The zero-order valence-electron chi connectivity index (χ0n) is 12.0. The van der Waals surface area contributed by atoms with Crippen molar-refractivity contribution >= 4 is 11.4 Å². The maximum absolute atomic E-state index is 13.4. The molecule has 0 saturated heterocycles. The Labute approximate surface area is 119 Å². The molecule has 0 aliphatic carbocycles. The van der Waals surface area contributed by atoms with Crippen LogP contribution in [0.4, 0.5) is 15.8 Å². The quantitative estimate of drug-likeness (QED) is 0.865. The predicted octanol–water partition coefficient (Wildman–Crippen LogP) is 3.94. The molecule has 3 heteroatoms. The summed E-state index contributed by atoms with van der Waals surface area (Å²) in [6.45, 7) is 4.71. The predicted molar refractivity (Wildman–Crippen MR) is 83.0 cm³/mol. The van der Waals surface area contributed by atoms with Gasteiger partial charge in [-0.3, -0.25) is 0 Å². The highest BCUT2D eigenvalue weighted by Crippen LogP contribution is 2.28. The summed E-state index contributed by atoms with van der Waals surface area (Å²) in [4.78, 5) is 0. The molecule has 2 rings (SSSR count). The van der Waals surface area contributed by atoms with Gasteiger partial charge in [0.1, 0.15) is 5.82 Å². The van der Waals surface area contributed by atoms with Crippen molar-refractivity contribution in [3.8, 4) is 0 Å². The number of nitrogens with one attached hydrogen (secondary N) is 1. The molecule has 0 radical (unpaired) electrons. The number of hydrogen-bond acceptors (Lipinski definition) is 2. The van der Waals surface area contributed by atoms with Crippen molar-refractivity contribution in [3.63, 3.8) is 0 Å². The normalized spacial score (nSPS) is 10.6. The second-order valence-corrected chi connectivity index (χ2v) is 4.93. The van der Waals surface area contributed by atoms with Gasteiger partial charge in [0.15, 0.2) is 0 Å². The smallest absolute Gasteiger partial charge is 0.123 e. The van der Waals surface area contributed by atoms with E-state index in [1.54, 1.807) is 12.1 Å². The number of aryl methyl sites for hydroxylation is 2. The Hall–Kier alpha value is -1.87. The summed E-state index contributed by atoms with van der Waals surface area (Å²) in [6.07, 6.45) is 1.62. The summed E-state index contributed by atoms with van der Waals surface area (Å²) in [5.41, 5.74) is 11.0. The fourth-order valence-corrected chi connectivity index (χ4v) is 2.38. The van der Waals surface area contributed by atoms with E-state index in [2.05, 4.69) is 37.4 Å². The fourth-order valence-electron chi connectivity index (χ4n) is 2.38. The van der Waals surface area contributed by atoms with Gasteiger partial charge >= 0.3 is 0 Å². The van der Waals surface area contributed by atoms with E-state index in [-0.39, 0.29) is 5.82 Å². The van der Waals surface area contributed by atoms with Crippen LogP contribution in [0.25, 0.3) is 0 Å². The van der Waals surface area contributed by atoms with Gasteiger partial charge in [0.2, 0.25) is 0 Å². The Morgan fingerprint density at radius 3 is 2.65 bits per heavy atom. The van der Waals surface area contributed by atoms with Crippen molar-refractivity contribution in [1.29, 1.82) is 0 Å². The maximum atomic E-state index is 13.4. The van der Waals surface area contributed by atoms with E-state index >= 15 is 0 Å². The average Bonchev–Trinajstić information content (AvgIpc) is 2.44. The topological polar surface area (TPSA) is 38.0 Å². The summed E-state index contributed by atoms with van der Waals surface area (Å²) in [7, 11) is 0. The van der Waals surface area contributed by atoms with Crippen LogP contribution >= 0.6 is 0 Å². The minimum absolute atomic E-state index is 0.223. The highest BCUT2D eigenvalue weighted by molar-refractivity contribution is 5.69. The van der Waals surface area contributed by atoms with Gasteiger partial charge in [0.05, 0.1) is 0 Å². The molecule has 2 aromatic carbocycles. The highest BCUT2D eigenvalue weighted by Gasteiger charge is 2.08. The lowest BCUT2D eigenvalue weighted by Gasteiger charge is -2.17. The molecule has 0 atom stereocenters. The van der Waals surface area contributed by atoms with Gasteiger partial charge < -0.3 is 11.1 Å². The SMILES string of the molecule is CCc1cccc(C)c1Nc1ccc(F)cc1CCN. The van der Waals surface area contributed by atoms with Crippen LogP contribution < -0.4 is 11.1 Å². The summed E-state index contributed by atoms with van der Waals surface area (Å²) in [5.74, 6) is -0.223. The first-order valence-corrected chi connectivity index (χ1v) is 6.99. The molecule has 106 valence electrons. The average molecular weight is 272 g/mol. The molecule has 0 saturated carbocycles. The Bertz CT molecular complexity index is 594. The second-order valence-electron chi connectivity index (χ2n) is 4.93. The number of halogens is 1. The number of rotatable bonds is 5. The van der Waals surface area contributed by atoms with Gasteiger partial charge in [-0.2, -0.15) is 0 Å². The van der Waals surface area contributed by atoms with Crippen LogP contribution in [0.1, 0.15) is 23.6 Å². The van der Waals surface area contributed by atoms with Crippen LogP contribution in [0.2, 0.25) is 0 Å². The summed E-state index contributed by atoms with van der Waals surface area (Å²) in [6, 6.07) is 11.1. The molecule has 20 heavy (non-hydrogen) atoms. The minimum atomic E-state index is -0.223. The Kier molecular flexibility index (Phi) is 4.74. The van der Waals surface area contributed by atoms with Crippen molar-refractivity contribution < 1.29 is 4.39 Å². The zero-order chi connectivity index (χ0) is 14.5. The summed E-state index contributed by atoms with van der Waals surface area (Å²) in [5, 5.41) is 3.45. The molecule has 3 N–H and O–H groups in total. The lowest BCUT2D eigenvalue weighted by atomic mass is 10.0. The molecule has 0 spiro atoms. The van der Waals surface area contributed by atoms with Gasteiger partial charge in [0, 0.05) is 11.4 Å². The molecule has 0 aromatic heterocycles. The third-order valence-electron chi connectivity index (χ3n) is 3.48. The van der Waals surface area contributed by atoms with Crippen molar-refractivity contribution in [2.45, 2.75) is 26.7 Å². The van der Waals surface area contributed by atoms with Crippen LogP contribution in [0.3, 0.4) is 0 Å². The van der Waals surface area contributed by atoms with E-state index in [1.807, 2.05) is 0 Å². The number of anilines is 2.